The number of hydrogen-bond acceptors (Lipinski definition) is 2. The second-order valence-corrected chi connectivity index (χ2v) is 4.34. The minimum atomic E-state index is 0.552. The molecule has 0 heterocycles. The van der Waals surface area contributed by atoms with Crippen LogP contribution >= 0.6 is 0 Å². The molecule has 0 bridgehead atoms. The summed E-state index contributed by atoms with van der Waals surface area (Å²) in [4.78, 5) is 4.64. The van der Waals surface area contributed by atoms with Crippen LogP contribution in [0, 0.1) is 0 Å². The van der Waals surface area contributed by atoms with Crippen LogP contribution in [0.2, 0.25) is 0 Å². The molecule has 0 amide bonds. The van der Waals surface area contributed by atoms with E-state index < -0.39 is 0 Å². The zero-order valence-electron chi connectivity index (χ0n) is 9.86. The number of ether oxygens (including phenoxy) is 1. The van der Waals surface area contributed by atoms with E-state index in [0.717, 1.165) is 11.3 Å². The second-order valence-electron chi connectivity index (χ2n) is 4.34. The molecule has 0 unspecified atom stereocenters. The van der Waals surface area contributed by atoms with Crippen molar-refractivity contribution in [1.82, 2.24) is 0 Å². The fourth-order valence-electron chi connectivity index (χ4n) is 2.11. The lowest BCUT2D eigenvalue weighted by Crippen LogP contribution is -2.09. The predicted octanol–water partition coefficient (Wildman–Crippen LogP) is 3.45. The van der Waals surface area contributed by atoms with Crippen LogP contribution in [0.4, 0.5) is 0 Å². The van der Waals surface area contributed by atoms with Gasteiger partial charge in [-0.05, 0) is 42.7 Å². The summed E-state index contributed by atoms with van der Waals surface area (Å²) < 4.78 is 5.12. The van der Waals surface area contributed by atoms with Gasteiger partial charge in [0.1, 0.15) is 5.75 Å². The van der Waals surface area contributed by atoms with Gasteiger partial charge in [0.05, 0.1) is 7.11 Å². The van der Waals surface area contributed by atoms with Crippen molar-refractivity contribution in [3.8, 4) is 5.75 Å². The number of nitrogens with zero attached hydrogens (tertiary/aromatic N) is 1. The van der Waals surface area contributed by atoms with Gasteiger partial charge in [0.15, 0.2) is 0 Å². The van der Waals surface area contributed by atoms with Crippen molar-refractivity contribution in [2.45, 2.75) is 38.1 Å². The maximum Gasteiger partial charge on any atom is 0.118 e. The van der Waals surface area contributed by atoms with Crippen LogP contribution < -0.4 is 4.74 Å². The van der Waals surface area contributed by atoms with E-state index in [-0.39, 0.29) is 0 Å². The molecular weight excluding hydrogens is 198 g/mol. The van der Waals surface area contributed by atoms with Gasteiger partial charge in [-0.1, -0.05) is 19.3 Å². The first-order valence-corrected chi connectivity index (χ1v) is 6.06. The lowest BCUT2D eigenvalue weighted by molar-refractivity contribution is 0.415. The van der Waals surface area contributed by atoms with Gasteiger partial charge in [-0.3, -0.25) is 4.99 Å². The maximum atomic E-state index is 5.12. The Hall–Kier alpha value is -1.31. The van der Waals surface area contributed by atoms with Crippen molar-refractivity contribution >= 4 is 6.21 Å². The van der Waals surface area contributed by atoms with Crippen LogP contribution in [0.5, 0.6) is 5.75 Å². The largest absolute Gasteiger partial charge is 0.497 e. The molecule has 0 radical (unpaired) electrons. The molecule has 86 valence electrons. The zero-order chi connectivity index (χ0) is 11.2. The van der Waals surface area contributed by atoms with Crippen molar-refractivity contribution in [1.29, 1.82) is 0 Å². The summed E-state index contributed by atoms with van der Waals surface area (Å²) in [6.07, 6.45) is 8.57. The smallest absolute Gasteiger partial charge is 0.118 e. The van der Waals surface area contributed by atoms with E-state index >= 15 is 0 Å². The summed E-state index contributed by atoms with van der Waals surface area (Å²) in [6, 6.07) is 8.59. The summed E-state index contributed by atoms with van der Waals surface area (Å²) in [5, 5.41) is 0. The molecule has 2 heteroatoms. The van der Waals surface area contributed by atoms with Crippen molar-refractivity contribution in [3.05, 3.63) is 29.8 Å². The van der Waals surface area contributed by atoms with E-state index in [1.807, 2.05) is 30.5 Å². The first kappa shape index (κ1) is 11.2. The number of rotatable bonds is 3. The summed E-state index contributed by atoms with van der Waals surface area (Å²) in [5.74, 6) is 0.898. The highest BCUT2D eigenvalue weighted by atomic mass is 16.5. The number of methoxy groups -OCH3 is 1. The Morgan fingerprint density at radius 2 is 1.81 bits per heavy atom. The lowest BCUT2D eigenvalue weighted by Gasteiger charge is -2.17. The Balaban J connectivity index is 1.94. The highest BCUT2D eigenvalue weighted by Crippen LogP contribution is 2.20. The van der Waals surface area contributed by atoms with E-state index in [4.69, 9.17) is 4.74 Å². The molecule has 1 aliphatic rings. The number of aliphatic imine (C=N–C) groups is 1. The SMILES string of the molecule is COc1ccc(/C=N/C2CCCCC2)cc1. The average Bonchev–Trinajstić information content (AvgIpc) is 2.38. The van der Waals surface area contributed by atoms with Crippen LogP contribution in [0.15, 0.2) is 29.3 Å². The van der Waals surface area contributed by atoms with E-state index in [9.17, 15) is 0 Å². The molecule has 0 N–H and O–H groups in total. The molecule has 0 atom stereocenters. The van der Waals surface area contributed by atoms with Crippen molar-refractivity contribution in [2.24, 2.45) is 4.99 Å². The van der Waals surface area contributed by atoms with E-state index in [2.05, 4.69) is 4.99 Å². The molecule has 16 heavy (non-hydrogen) atoms. The Morgan fingerprint density at radius 3 is 2.44 bits per heavy atom. The van der Waals surface area contributed by atoms with Gasteiger partial charge in [-0.25, -0.2) is 0 Å². The van der Waals surface area contributed by atoms with Crippen molar-refractivity contribution in [3.63, 3.8) is 0 Å². The summed E-state index contributed by atoms with van der Waals surface area (Å²) in [6.45, 7) is 0. The zero-order valence-corrected chi connectivity index (χ0v) is 9.86. The van der Waals surface area contributed by atoms with Crippen LogP contribution in [0.3, 0.4) is 0 Å². The third-order valence-electron chi connectivity index (χ3n) is 3.12. The summed E-state index contributed by atoms with van der Waals surface area (Å²) >= 11 is 0. The molecule has 0 spiro atoms. The van der Waals surface area contributed by atoms with Gasteiger partial charge in [-0.2, -0.15) is 0 Å². The van der Waals surface area contributed by atoms with Crippen molar-refractivity contribution < 1.29 is 4.74 Å². The fourth-order valence-corrected chi connectivity index (χ4v) is 2.11. The lowest BCUT2D eigenvalue weighted by atomic mass is 9.96. The molecule has 2 nitrogen and oxygen atoms in total. The van der Waals surface area contributed by atoms with Crippen LogP contribution in [0.25, 0.3) is 0 Å². The molecule has 0 saturated heterocycles. The van der Waals surface area contributed by atoms with Gasteiger partial charge in [0.25, 0.3) is 0 Å². The van der Waals surface area contributed by atoms with Gasteiger partial charge < -0.3 is 4.74 Å². The Morgan fingerprint density at radius 1 is 1.12 bits per heavy atom. The Kier molecular flexibility index (Phi) is 3.97. The Bertz CT molecular complexity index is 336. The summed E-state index contributed by atoms with van der Waals surface area (Å²) in [7, 11) is 1.69. The summed E-state index contributed by atoms with van der Waals surface area (Å²) in [5.41, 5.74) is 1.16. The fraction of sp³-hybridized carbons (Fsp3) is 0.500. The molecule has 1 aromatic rings. The van der Waals surface area contributed by atoms with Crippen molar-refractivity contribution in [2.75, 3.05) is 7.11 Å². The predicted molar refractivity (Wildman–Crippen MR) is 67.5 cm³/mol. The molecule has 1 aliphatic carbocycles. The van der Waals surface area contributed by atoms with E-state index in [1.165, 1.54) is 32.1 Å². The first-order valence-electron chi connectivity index (χ1n) is 6.06. The highest BCUT2D eigenvalue weighted by Gasteiger charge is 2.10. The van der Waals surface area contributed by atoms with Gasteiger partial charge >= 0.3 is 0 Å². The van der Waals surface area contributed by atoms with Crippen LogP contribution in [0.1, 0.15) is 37.7 Å². The normalized spacial score (nSPS) is 17.8. The molecule has 0 aromatic heterocycles. The molecule has 0 aliphatic heterocycles. The standard InChI is InChI=1S/C14H19NO/c1-16-14-9-7-12(8-10-14)11-15-13-5-3-2-4-6-13/h7-11,13H,2-6H2,1H3/b15-11+. The van der Waals surface area contributed by atoms with Crippen LogP contribution in [-0.4, -0.2) is 19.4 Å². The second kappa shape index (κ2) is 5.69. The molecule has 2 rings (SSSR count). The molecule has 1 saturated carbocycles. The third-order valence-corrected chi connectivity index (χ3v) is 3.12. The van der Waals surface area contributed by atoms with Gasteiger partial charge in [-0.15, -0.1) is 0 Å². The van der Waals surface area contributed by atoms with Gasteiger partial charge in [0.2, 0.25) is 0 Å². The van der Waals surface area contributed by atoms with Crippen LogP contribution in [-0.2, 0) is 0 Å². The first-order chi connectivity index (χ1) is 7.88. The molecule has 1 fully saturated rings. The monoisotopic (exact) mass is 217 g/mol. The highest BCUT2D eigenvalue weighted by molar-refractivity contribution is 5.79. The van der Waals surface area contributed by atoms with E-state index in [0.29, 0.717) is 6.04 Å². The minimum Gasteiger partial charge on any atom is -0.497 e. The quantitative estimate of drug-likeness (QED) is 0.711. The third kappa shape index (κ3) is 3.09. The maximum absolute atomic E-state index is 5.12. The van der Waals surface area contributed by atoms with Gasteiger partial charge in [0, 0.05) is 12.3 Å². The average molecular weight is 217 g/mol. The number of hydrogen-bond donors (Lipinski definition) is 0. The number of benzene rings is 1. The minimum absolute atomic E-state index is 0.552. The molecule has 1 aromatic carbocycles. The Labute approximate surface area is 97.4 Å². The molecular formula is C14H19NO. The topological polar surface area (TPSA) is 21.6 Å². The van der Waals surface area contributed by atoms with E-state index in [1.54, 1.807) is 7.11 Å².